The minimum Gasteiger partial charge on any atom is -0.480 e. The van der Waals surface area contributed by atoms with E-state index in [4.69, 9.17) is 4.74 Å². The number of hydrogen-bond donors (Lipinski definition) is 2. The molecule has 1 aliphatic rings. The van der Waals surface area contributed by atoms with Crippen LogP contribution >= 0.6 is 0 Å². The van der Waals surface area contributed by atoms with Gasteiger partial charge in [-0.2, -0.15) is 0 Å². The Morgan fingerprint density at radius 1 is 1.38 bits per heavy atom. The van der Waals surface area contributed by atoms with Gasteiger partial charge >= 0.3 is 12.1 Å². The second kappa shape index (κ2) is 6.95. The number of para-hydroxylation sites is 1. The number of aliphatic carboxylic acids is 1. The van der Waals surface area contributed by atoms with Gasteiger partial charge in [0.05, 0.1) is 6.61 Å². The molecule has 0 bridgehead atoms. The Bertz CT molecular complexity index is 766. The van der Waals surface area contributed by atoms with Crippen LogP contribution < -0.4 is 5.32 Å². The Morgan fingerprint density at radius 2 is 2.17 bits per heavy atom. The van der Waals surface area contributed by atoms with Gasteiger partial charge in [-0.3, -0.25) is 4.79 Å². The standard InChI is InChI=1S/C18H22N2O4/c1-2-9-24-18(23)19-12-7-8-16-14(10-12)13-5-3-4-6-15(13)20(16)11-17(21)22/h3-6,12H,2,7-11H2,1H3,(H,19,23)(H,21,22). The van der Waals surface area contributed by atoms with Crippen LogP contribution in [0.5, 0.6) is 0 Å². The van der Waals surface area contributed by atoms with Crippen LogP contribution in [0, 0.1) is 0 Å². The molecule has 0 spiro atoms. The Balaban J connectivity index is 1.86. The minimum absolute atomic E-state index is 0.0194. The molecular weight excluding hydrogens is 308 g/mol. The molecule has 0 fully saturated rings. The predicted octanol–water partition coefficient (Wildman–Crippen LogP) is 2.72. The maximum atomic E-state index is 11.8. The average Bonchev–Trinajstić information content (AvgIpc) is 2.86. The lowest BCUT2D eigenvalue weighted by Crippen LogP contribution is -2.39. The van der Waals surface area contributed by atoms with E-state index in [9.17, 15) is 14.7 Å². The van der Waals surface area contributed by atoms with Gasteiger partial charge < -0.3 is 19.7 Å². The van der Waals surface area contributed by atoms with E-state index in [2.05, 4.69) is 5.32 Å². The van der Waals surface area contributed by atoms with Crippen molar-refractivity contribution in [1.82, 2.24) is 9.88 Å². The fraction of sp³-hybridized carbons (Fsp3) is 0.444. The summed E-state index contributed by atoms with van der Waals surface area (Å²) in [6.07, 6.45) is 2.65. The molecule has 128 valence electrons. The molecule has 1 unspecified atom stereocenters. The number of rotatable bonds is 5. The number of amides is 1. The molecule has 1 aromatic carbocycles. The van der Waals surface area contributed by atoms with Crippen LogP contribution in [0.25, 0.3) is 10.9 Å². The first-order valence-corrected chi connectivity index (χ1v) is 8.34. The lowest BCUT2D eigenvalue weighted by atomic mass is 9.91. The second-order valence-corrected chi connectivity index (χ2v) is 6.14. The number of benzene rings is 1. The number of aromatic nitrogens is 1. The number of nitrogens with zero attached hydrogens (tertiary/aromatic N) is 1. The fourth-order valence-corrected chi connectivity index (χ4v) is 3.44. The van der Waals surface area contributed by atoms with E-state index in [1.54, 1.807) is 0 Å². The molecule has 1 aromatic heterocycles. The van der Waals surface area contributed by atoms with Crippen molar-refractivity contribution >= 4 is 23.0 Å². The van der Waals surface area contributed by atoms with E-state index < -0.39 is 5.97 Å². The van der Waals surface area contributed by atoms with Crippen LogP contribution in [0.15, 0.2) is 24.3 Å². The first kappa shape index (κ1) is 16.4. The first-order valence-electron chi connectivity index (χ1n) is 8.34. The van der Waals surface area contributed by atoms with Crippen molar-refractivity contribution in [2.24, 2.45) is 0 Å². The van der Waals surface area contributed by atoms with Gasteiger partial charge in [0.25, 0.3) is 0 Å². The van der Waals surface area contributed by atoms with Crippen LogP contribution in [0.1, 0.15) is 31.0 Å². The molecule has 3 rings (SSSR count). The zero-order valence-corrected chi connectivity index (χ0v) is 13.7. The summed E-state index contributed by atoms with van der Waals surface area (Å²) in [7, 11) is 0. The van der Waals surface area contributed by atoms with Crippen molar-refractivity contribution < 1.29 is 19.4 Å². The van der Waals surface area contributed by atoms with Crippen molar-refractivity contribution in [3.05, 3.63) is 35.5 Å². The number of carbonyl (C=O) groups excluding carboxylic acids is 1. The molecule has 2 aromatic rings. The number of nitrogens with one attached hydrogen (secondary N) is 1. The average molecular weight is 330 g/mol. The fourth-order valence-electron chi connectivity index (χ4n) is 3.44. The lowest BCUT2D eigenvalue weighted by Gasteiger charge is -2.24. The maximum absolute atomic E-state index is 11.8. The van der Waals surface area contributed by atoms with Crippen LogP contribution in [-0.4, -0.2) is 34.4 Å². The second-order valence-electron chi connectivity index (χ2n) is 6.14. The highest BCUT2D eigenvalue weighted by Crippen LogP contribution is 2.32. The van der Waals surface area contributed by atoms with Crippen molar-refractivity contribution in [2.75, 3.05) is 6.61 Å². The highest BCUT2D eigenvalue weighted by molar-refractivity contribution is 5.87. The highest BCUT2D eigenvalue weighted by atomic mass is 16.5. The molecule has 24 heavy (non-hydrogen) atoms. The summed E-state index contributed by atoms with van der Waals surface area (Å²) in [6.45, 7) is 2.34. The number of ether oxygens (including phenoxy) is 1. The van der Waals surface area contributed by atoms with Crippen molar-refractivity contribution in [3.8, 4) is 0 Å². The monoisotopic (exact) mass is 330 g/mol. The zero-order valence-electron chi connectivity index (χ0n) is 13.7. The van der Waals surface area contributed by atoms with E-state index in [-0.39, 0.29) is 18.7 Å². The molecule has 1 heterocycles. The van der Waals surface area contributed by atoms with Gasteiger partial charge in [-0.15, -0.1) is 0 Å². The summed E-state index contributed by atoms with van der Waals surface area (Å²) in [4.78, 5) is 23.0. The number of carbonyl (C=O) groups is 2. The molecule has 1 atom stereocenters. The van der Waals surface area contributed by atoms with Crippen LogP contribution in [0.3, 0.4) is 0 Å². The van der Waals surface area contributed by atoms with Gasteiger partial charge in [0, 0.05) is 22.6 Å². The summed E-state index contributed by atoms with van der Waals surface area (Å²) >= 11 is 0. The smallest absolute Gasteiger partial charge is 0.407 e. The third-order valence-electron chi connectivity index (χ3n) is 4.43. The topological polar surface area (TPSA) is 80.6 Å². The molecule has 6 heteroatoms. The highest BCUT2D eigenvalue weighted by Gasteiger charge is 2.27. The lowest BCUT2D eigenvalue weighted by molar-refractivity contribution is -0.137. The predicted molar refractivity (Wildman–Crippen MR) is 90.2 cm³/mol. The molecule has 0 saturated heterocycles. The largest absolute Gasteiger partial charge is 0.480 e. The van der Waals surface area contributed by atoms with Gasteiger partial charge in [-0.25, -0.2) is 4.79 Å². The summed E-state index contributed by atoms with van der Waals surface area (Å²) in [5, 5.41) is 13.2. The van der Waals surface area contributed by atoms with E-state index in [1.165, 1.54) is 0 Å². The normalized spacial score (nSPS) is 16.6. The Hall–Kier alpha value is -2.50. The molecule has 2 N–H and O–H groups in total. The van der Waals surface area contributed by atoms with Gasteiger partial charge in [0.1, 0.15) is 6.54 Å². The van der Waals surface area contributed by atoms with E-state index in [1.807, 2.05) is 35.8 Å². The molecule has 0 saturated carbocycles. The van der Waals surface area contributed by atoms with Crippen molar-refractivity contribution in [1.29, 1.82) is 0 Å². The van der Waals surface area contributed by atoms with Crippen molar-refractivity contribution in [3.63, 3.8) is 0 Å². The van der Waals surface area contributed by atoms with Gasteiger partial charge in [-0.05, 0) is 37.3 Å². The molecule has 1 amide bonds. The van der Waals surface area contributed by atoms with Gasteiger partial charge in [0.15, 0.2) is 0 Å². The molecular formula is C18H22N2O4. The number of carboxylic acids is 1. The van der Waals surface area contributed by atoms with Gasteiger partial charge in [0.2, 0.25) is 0 Å². The molecule has 0 aliphatic heterocycles. The third kappa shape index (κ3) is 3.22. The quantitative estimate of drug-likeness (QED) is 0.883. The Labute approximate surface area is 140 Å². The zero-order chi connectivity index (χ0) is 17.1. The molecule has 1 aliphatic carbocycles. The van der Waals surface area contributed by atoms with E-state index in [0.717, 1.165) is 41.4 Å². The maximum Gasteiger partial charge on any atom is 0.407 e. The SMILES string of the molecule is CCCOC(=O)NC1CCc2c(c3ccccc3n2CC(=O)O)C1. The van der Waals surface area contributed by atoms with Crippen LogP contribution in [-0.2, 0) is 28.9 Å². The third-order valence-corrected chi connectivity index (χ3v) is 4.43. The summed E-state index contributed by atoms with van der Waals surface area (Å²) in [5.41, 5.74) is 3.15. The summed E-state index contributed by atoms with van der Waals surface area (Å²) < 4.78 is 6.98. The number of fused-ring (bicyclic) bond motifs is 3. The van der Waals surface area contributed by atoms with Crippen LogP contribution in [0.4, 0.5) is 4.79 Å². The Kier molecular flexibility index (Phi) is 4.74. The Morgan fingerprint density at radius 3 is 2.92 bits per heavy atom. The first-order chi connectivity index (χ1) is 11.6. The molecule has 6 nitrogen and oxygen atoms in total. The number of hydrogen-bond acceptors (Lipinski definition) is 3. The van der Waals surface area contributed by atoms with Crippen LogP contribution in [0.2, 0.25) is 0 Å². The summed E-state index contributed by atoms with van der Waals surface area (Å²) in [5.74, 6) is -0.845. The van der Waals surface area contributed by atoms with E-state index in [0.29, 0.717) is 13.0 Å². The molecule has 0 radical (unpaired) electrons. The van der Waals surface area contributed by atoms with E-state index >= 15 is 0 Å². The van der Waals surface area contributed by atoms with Crippen molar-refractivity contribution in [2.45, 2.75) is 45.2 Å². The summed E-state index contributed by atoms with van der Waals surface area (Å²) in [6, 6.07) is 7.87. The number of alkyl carbamates (subject to hydrolysis) is 1. The van der Waals surface area contributed by atoms with Gasteiger partial charge in [-0.1, -0.05) is 25.1 Å². The minimum atomic E-state index is -0.845. The number of carboxylic acid groups (broad SMARTS) is 1.